The number of alkyl halides is 3. The first-order valence-electron chi connectivity index (χ1n) is 7.75. The highest BCUT2D eigenvalue weighted by Gasteiger charge is 2.30. The van der Waals surface area contributed by atoms with E-state index in [2.05, 4.69) is 5.32 Å². The second kappa shape index (κ2) is 8.63. The van der Waals surface area contributed by atoms with Crippen LogP contribution in [0.3, 0.4) is 0 Å². The average Bonchev–Trinajstić information content (AvgIpc) is 2.56. The van der Waals surface area contributed by atoms with Crippen LogP contribution in [0.5, 0.6) is 0 Å². The molecule has 2 aromatic carbocycles. The summed E-state index contributed by atoms with van der Waals surface area (Å²) in [5, 5.41) is 3.11. The highest BCUT2D eigenvalue weighted by molar-refractivity contribution is 6.36. The van der Waals surface area contributed by atoms with E-state index >= 15 is 0 Å². The monoisotopic (exact) mass is 418 g/mol. The molecule has 9 heteroatoms. The lowest BCUT2D eigenvalue weighted by Crippen LogP contribution is -2.46. The molecular formula is C18H15Cl2F3N2O2. The minimum absolute atomic E-state index is 0.00735. The molecule has 2 rings (SSSR count). The third-order valence-corrected chi connectivity index (χ3v) is 4.50. The molecule has 0 fully saturated rings. The molecule has 0 unspecified atom stereocenters. The zero-order chi connectivity index (χ0) is 20.2. The molecule has 2 amide bonds. The first kappa shape index (κ1) is 21.1. The molecule has 0 heterocycles. The summed E-state index contributed by atoms with van der Waals surface area (Å²) in [6.07, 6.45) is -4.67. The Labute approximate surface area is 163 Å². The quantitative estimate of drug-likeness (QED) is 0.749. The number of rotatable bonds is 6. The van der Waals surface area contributed by atoms with Gasteiger partial charge in [-0.25, -0.2) is 0 Å². The fourth-order valence-electron chi connectivity index (χ4n) is 2.40. The van der Waals surface area contributed by atoms with Crippen LogP contribution >= 0.6 is 23.2 Å². The number of nitrogens with two attached hydrogens (primary N) is 1. The fourth-order valence-corrected chi connectivity index (χ4v) is 2.95. The predicted molar refractivity (Wildman–Crippen MR) is 96.4 cm³/mol. The van der Waals surface area contributed by atoms with Crippen molar-refractivity contribution in [2.24, 2.45) is 5.73 Å². The molecule has 27 heavy (non-hydrogen) atoms. The Morgan fingerprint density at radius 3 is 2.07 bits per heavy atom. The molecule has 4 nitrogen and oxygen atoms in total. The molecule has 1 atom stereocenters. The Morgan fingerprint density at radius 1 is 1.04 bits per heavy atom. The van der Waals surface area contributed by atoms with Crippen molar-refractivity contribution in [3.8, 4) is 0 Å². The molecule has 0 saturated heterocycles. The number of primary amides is 1. The van der Waals surface area contributed by atoms with Gasteiger partial charge < -0.3 is 11.1 Å². The molecule has 0 aromatic heterocycles. The summed E-state index contributed by atoms with van der Waals surface area (Å²) in [4.78, 5) is 23.8. The number of nitrogens with one attached hydrogen (secondary N) is 1. The van der Waals surface area contributed by atoms with Gasteiger partial charge in [-0.1, -0.05) is 41.4 Å². The Balaban J connectivity index is 2.06. The molecule has 0 aliphatic rings. The number of halogens is 5. The van der Waals surface area contributed by atoms with Gasteiger partial charge in [-0.3, -0.25) is 9.59 Å². The van der Waals surface area contributed by atoms with E-state index in [0.29, 0.717) is 21.2 Å². The lowest BCUT2D eigenvalue weighted by molar-refractivity contribution is -0.137. The van der Waals surface area contributed by atoms with E-state index in [1.165, 1.54) is 12.1 Å². The Morgan fingerprint density at radius 2 is 1.59 bits per heavy atom. The lowest BCUT2D eigenvalue weighted by atomic mass is 10.0. The van der Waals surface area contributed by atoms with Crippen LogP contribution in [0.2, 0.25) is 10.0 Å². The van der Waals surface area contributed by atoms with Gasteiger partial charge in [0.05, 0.1) is 12.0 Å². The second-order valence-electron chi connectivity index (χ2n) is 5.80. The van der Waals surface area contributed by atoms with Crippen LogP contribution in [0.1, 0.15) is 16.7 Å². The normalized spacial score (nSPS) is 12.5. The number of benzene rings is 2. The standard InChI is InChI=1S/C18H15Cl2F3N2O2/c19-13-2-1-3-14(20)12(13)9-15(17(24)27)25-16(26)8-10-4-6-11(7-5-10)18(21,22)23/h1-7,15H,8-9H2,(H2,24,27)(H,25,26)/t15-/m1/s1. The zero-order valence-corrected chi connectivity index (χ0v) is 15.3. The van der Waals surface area contributed by atoms with Crippen LogP contribution in [0.25, 0.3) is 0 Å². The van der Waals surface area contributed by atoms with E-state index in [-0.39, 0.29) is 12.8 Å². The SMILES string of the molecule is NC(=O)[C@@H](Cc1c(Cl)cccc1Cl)NC(=O)Cc1ccc(C(F)(F)F)cc1. The lowest BCUT2D eigenvalue weighted by Gasteiger charge is -2.17. The van der Waals surface area contributed by atoms with Crippen LogP contribution < -0.4 is 11.1 Å². The van der Waals surface area contributed by atoms with Crippen molar-refractivity contribution in [1.82, 2.24) is 5.32 Å². The van der Waals surface area contributed by atoms with E-state index in [9.17, 15) is 22.8 Å². The minimum atomic E-state index is -4.45. The maximum absolute atomic E-state index is 12.6. The summed E-state index contributed by atoms with van der Waals surface area (Å²) in [5.74, 6) is -1.35. The number of amides is 2. The number of hydrogen-bond acceptors (Lipinski definition) is 2. The van der Waals surface area contributed by atoms with Crippen LogP contribution in [0, 0.1) is 0 Å². The van der Waals surface area contributed by atoms with Crippen LogP contribution in [-0.4, -0.2) is 17.9 Å². The predicted octanol–water partition coefficient (Wildman–Crippen LogP) is 3.77. The van der Waals surface area contributed by atoms with E-state index in [1.807, 2.05) is 0 Å². The van der Waals surface area contributed by atoms with Crippen molar-refractivity contribution in [2.75, 3.05) is 0 Å². The molecule has 3 N–H and O–H groups in total. The maximum atomic E-state index is 12.6. The van der Waals surface area contributed by atoms with Gasteiger partial charge in [-0.15, -0.1) is 0 Å². The molecular weight excluding hydrogens is 404 g/mol. The van der Waals surface area contributed by atoms with Crippen molar-refractivity contribution in [1.29, 1.82) is 0 Å². The first-order chi connectivity index (χ1) is 12.6. The van der Waals surface area contributed by atoms with Gasteiger partial charge in [0, 0.05) is 16.5 Å². The number of hydrogen-bond donors (Lipinski definition) is 2. The summed E-state index contributed by atoms with van der Waals surface area (Å²) in [5.41, 5.74) is 5.34. The highest BCUT2D eigenvalue weighted by atomic mass is 35.5. The van der Waals surface area contributed by atoms with E-state index in [4.69, 9.17) is 28.9 Å². The molecule has 0 spiro atoms. The van der Waals surface area contributed by atoms with Crippen LogP contribution in [0.15, 0.2) is 42.5 Å². The smallest absolute Gasteiger partial charge is 0.368 e. The highest BCUT2D eigenvalue weighted by Crippen LogP contribution is 2.29. The molecule has 0 aliphatic heterocycles. The zero-order valence-electron chi connectivity index (χ0n) is 13.8. The van der Waals surface area contributed by atoms with Crippen molar-refractivity contribution in [3.63, 3.8) is 0 Å². The van der Waals surface area contributed by atoms with Gasteiger partial charge >= 0.3 is 6.18 Å². The summed E-state index contributed by atoms with van der Waals surface area (Å²) < 4.78 is 37.7. The Bertz CT molecular complexity index is 819. The van der Waals surface area contributed by atoms with Crippen molar-refractivity contribution in [3.05, 3.63) is 69.2 Å². The van der Waals surface area contributed by atoms with Crippen LogP contribution in [-0.2, 0) is 28.6 Å². The molecule has 2 aromatic rings. The largest absolute Gasteiger partial charge is 0.416 e. The van der Waals surface area contributed by atoms with Crippen molar-refractivity contribution in [2.45, 2.75) is 25.1 Å². The summed E-state index contributed by atoms with van der Waals surface area (Å²) >= 11 is 12.1. The summed E-state index contributed by atoms with van der Waals surface area (Å²) in [7, 11) is 0. The first-order valence-corrected chi connectivity index (χ1v) is 8.51. The third-order valence-electron chi connectivity index (χ3n) is 3.79. The summed E-state index contributed by atoms with van der Waals surface area (Å²) in [6, 6.07) is 7.92. The number of carbonyl (C=O) groups excluding carboxylic acids is 2. The van der Waals surface area contributed by atoms with E-state index in [1.54, 1.807) is 18.2 Å². The minimum Gasteiger partial charge on any atom is -0.368 e. The third kappa shape index (κ3) is 5.87. The van der Waals surface area contributed by atoms with E-state index < -0.39 is 29.6 Å². The molecule has 0 aliphatic carbocycles. The van der Waals surface area contributed by atoms with Gasteiger partial charge in [0.1, 0.15) is 6.04 Å². The summed E-state index contributed by atoms with van der Waals surface area (Å²) in [6.45, 7) is 0. The topological polar surface area (TPSA) is 72.2 Å². The molecule has 144 valence electrons. The molecule has 0 saturated carbocycles. The van der Waals surface area contributed by atoms with Gasteiger partial charge in [0.2, 0.25) is 11.8 Å². The van der Waals surface area contributed by atoms with Gasteiger partial charge in [0.15, 0.2) is 0 Å². The van der Waals surface area contributed by atoms with Gasteiger partial charge in [0.25, 0.3) is 0 Å². The Kier molecular flexibility index (Phi) is 6.73. The number of carbonyl (C=O) groups is 2. The van der Waals surface area contributed by atoms with Crippen molar-refractivity contribution < 1.29 is 22.8 Å². The van der Waals surface area contributed by atoms with Crippen LogP contribution in [0.4, 0.5) is 13.2 Å². The molecule has 0 radical (unpaired) electrons. The van der Waals surface area contributed by atoms with Crippen molar-refractivity contribution >= 4 is 35.0 Å². The van der Waals surface area contributed by atoms with Gasteiger partial charge in [-0.05, 0) is 35.4 Å². The fraction of sp³-hybridized carbons (Fsp3) is 0.222. The Hall–Kier alpha value is -2.25. The average molecular weight is 419 g/mol. The maximum Gasteiger partial charge on any atom is 0.416 e. The van der Waals surface area contributed by atoms with Gasteiger partial charge in [-0.2, -0.15) is 13.2 Å². The second-order valence-corrected chi connectivity index (χ2v) is 6.61. The van der Waals surface area contributed by atoms with E-state index in [0.717, 1.165) is 12.1 Å². The molecule has 0 bridgehead atoms.